The quantitative estimate of drug-likeness (QED) is 0.862. The zero-order valence-electron chi connectivity index (χ0n) is 9.96. The second-order valence-electron chi connectivity index (χ2n) is 3.85. The average Bonchev–Trinajstić information content (AvgIpc) is 2.38. The van der Waals surface area contributed by atoms with Gasteiger partial charge in [0.05, 0.1) is 30.3 Å². The van der Waals surface area contributed by atoms with Crippen LogP contribution < -0.4 is 10.2 Å². The van der Waals surface area contributed by atoms with Crippen LogP contribution in [0.5, 0.6) is 0 Å². The van der Waals surface area contributed by atoms with Crippen molar-refractivity contribution in [2.24, 2.45) is 0 Å². The Morgan fingerprint density at radius 2 is 2.00 bits per heavy atom. The van der Waals surface area contributed by atoms with E-state index in [4.69, 9.17) is 0 Å². The van der Waals surface area contributed by atoms with E-state index in [-0.39, 0.29) is 0 Å². The highest BCUT2D eigenvalue weighted by atomic mass is 15.1. The maximum Gasteiger partial charge on any atom is 0.128 e. The average molecular weight is 229 g/mol. The maximum atomic E-state index is 4.32. The lowest BCUT2D eigenvalue weighted by atomic mass is 10.3. The van der Waals surface area contributed by atoms with Gasteiger partial charge in [-0.2, -0.15) is 0 Å². The van der Waals surface area contributed by atoms with Gasteiger partial charge in [-0.1, -0.05) is 0 Å². The fourth-order valence-electron chi connectivity index (χ4n) is 1.37. The molecule has 0 aliphatic rings. The SMILES string of the molecule is CN(C)c1ccc(NCc2cnccn2)cn1. The van der Waals surface area contributed by atoms with E-state index in [9.17, 15) is 0 Å². The number of anilines is 2. The van der Waals surface area contributed by atoms with Crippen LogP contribution in [-0.2, 0) is 6.54 Å². The first-order valence-corrected chi connectivity index (χ1v) is 5.38. The molecule has 2 heterocycles. The molecule has 2 aromatic rings. The van der Waals surface area contributed by atoms with Gasteiger partial charge in [0.1, 0.15) is 5.82 Å². The standard InChI is InChI=1S/C12H15N5/c1-17(2)12-4-3-10(8-16-12)15-9-11-7-13-5-6-14-11/h3-8,15H,9H2,1-2H3. The molecule has 88 valence electrons. The van der Waals surface area contributed by atoms with Crippen LogP contribution in [-0.4, -0.2) is 29.0 Å². The van der Waals surface area contributed by atoms with Crippen molar-refractivity contribution in [3.8, 4) is 0 Å². The molecule has 0 spiro atoms. The maximum absolute atomic E-state index is 4.32. The fraction of sp³-hybridized carbons (Fsp3) is 0.250. The molecule has 0 aromatic carbocycles. The van der Waals surface area contributed by atoms with Crippen LogP contribution >= 0.6 is 0 Å². The molecule has 5 nitrogen and oxygen atoms in total. The molecule has 0 aliphatic heterocycles. The Hall–Kier alpha value is -2.17. The van der Waals surface area contributed by atoms with Gasteiger partial charge in [0.2, 0.25) is 0 Å². The van der Waals surface area contributed by atoms with Crippen molar-refractivity contribution < 1.29 is 0 Å². The summed E-state index contributed by atoms with van der Waals surface area (Å²) in [5.41, 5.74) is 1.88. The van der Waals surface area contributed by atoms with Gasteiger partial charge in [-0.25, -0.2) is 4.98 Å². The first-order chi connectivity index (χ1) is 8.25. The molecule has 0 aliphatic carbocycles. The number of hydrogen-bond acceptors (Lipinski definition) is 5. The summed E-state index contributed by atoms with van der Waals surface area (Å²) in [5, 5.41) is 3.24. The fourth-order valence-corrected chi connectivity index (χ4v) is 1.37. The molecule has 17 heavy (non-hydrogen) atoms. The largest absolute Gasteiger partial charge is 0.378 e. The molecule has 5 heteroatoms. The van der Waals surface area contributed by atoms with Crippen molar-refractivity contribution in [1.82, 2.24) is 15.0 Å². The number of hydrogen-bond donors (Lipinski definition) is 1. The van der Waals surface area contributed by atoms with E-state index in [1.54, 1.807) is 18.6 Å². The van der Waals surface area contributed by atoms with Gasteiger partial charge in [-0.05, 0) is 12.1 Å². The first-order valence-electron chi connectivity index (χ1n) is 5.38. The van der Waals surface area contributed by atoms with Gasteiger partial charge >= 0.3 is 0 Å². The second-order valence-corrected chi connectivity index (χ2v) is 3.85. The molecular weight excluding hydrogens is 214 g/mol. The van der Waals surface area contributed by atoms with E-state index in [0.717, 1.165) is 17.2 Å². The lowest BCUT2D eigenvalue weighted by Gasteiger charge is -2.11. The molecule has 0 radical (unpaired) electrons. The third-order valence-electron chi connectivity index (χ3n) is 2.30. The van der Waals surface area contributed by atoms with Crippen molar-refractivity contribution >= 4 is 11.5 Å². The summed E-state index contributed by atoms with van der Waals surface area (Å²) in [5.74, 6) is 0.940. The Morgan fingerprint density at radius 1 is 1.12 bits per heavy atom. The van der Waals surface area contributed by atoms with Gasteiger partial charge in [0.25, 0.3) is 0 Å². The van der Waals surface area contributed by atoms with Gasteiger partial charge in [0, 0.05) is 26.5 Å². The minimum atomic E-state index is 0.650. The molecule has 0 bridgehead atoms. The summed E-state index contributed by atoms with van der Waals surface area (Å²) in [6.45, 7) is 0.650. The highest BCUT2D eigenvalue weighted by molar-refractivity contribution is 5.47. The Morgan fingerprint density at radius 3 is 2.59 bits per heavy atom. The summed E-state index contributed by atoms with van der Waals surface area (Å²) in [4.78, 5) is 14.5. The van der Waals surface area contributed by atoms with Crippen molar-refractivity contribution in [3.05, 3.63) is 42.6 Å². The predicted octanol–water partition coefficient (Wildman–Crippen LogP) is 1.55. The third kappa shape index (κ3) is 3.14. The van der Waals surface area contributed by atoms with E-state index in [2.05, 4.69) is 20.3 Å². The van der Waals surface area contributed by atoms with Crippen LogP contribution in [0.4, 0.5) is 11.5 Å². The van der Waals surface area contributed by atoms with Gasteiger partial charge in [-0.15, -0.1) is 0 Å². The number of pyridine rings is 1. The molecule has 1 N–H and O–H groups in total. The van der Waals surface area contributed by atoms with Crippen LogP contribution in [0, 0.1) is 0 Å². The van der Waals surface area contributed by atoms with E-state index >= 15 is 0 Å². The van der Waals surface area contributed by atoms with E-state index in [0.29, 0.717) is 6.54 Å². The van der Waals surface area contributed by atoms with Crippen LogP contribution in [0.15, 0.2) is 36.9 Å². The summed E-state index contributed by atoms with van der Waals surface area (Å²) in [6, 6.07) is 3.97. The molecule has 2 rings (SSSR count). The van der Waals surface area contributed by atoms with Crippen molar-refractivity contribution in [2.45, 2.75) is 6.54 Å². The number of nitrogens with one attached hydrogen (secondary N) is 1. The van der Waals surface area contributed by atoms with Crippen molar-refractivity contribution in [2.75, 3.05) is 24.3 Å². The molecule has 0 unspecified atom stereocenters. The van der Waals surface area contributed by atoms with Gasteiger partial charge in [0.15, 0.2) is 0 Å². The Balaban J connectivity index is 1.96. The molecule has 2 aromatic heterocycles. The zero-order valence-corrected chi connectivity index (χ0v) is 9.96. The van der Waals surface area contributed by atoms with Crippen LogP contribution in [0.1, 0.15) is 5.69 Å². The number of rotatable bonds is 4. The lowest BCUT2D eigenvalue weighted by molar-refractivity contribution is 1.00. The Kier molecular flexibility index (Phi) is 3.49. The van der Waals surface area contributed by atoms with Gasteiger partial charge < -0.3 is 10.2 Å². The van der Waals surface area contributed by atoms with Crippen LogP contribution in [0.25, 0.3) is 0 Å². The summed E-state index contributed by atoms with van der Waals surface area (Å²) < 4.78 is 0. The lowest BCUT2D eigenvalue weighted by Crippen LogP contribution is -2.10. The van der Waals surface area contributed by atoms with E-state index in [1.807, 2.05) is 37.3 Å². The van der Waals surface area contributed by atoms with Gasteiger partial charge in [-0.3, -0.25) is 9.97 Å². The highest BCUT2D eigenvalue weighted by Crippen LogP contribution is 2.12. The van der Waals surface area contributed by atoms with Crippen LogP contribution in [0.3, 0.4) is 0 Å². The van der Waals surface area contributed by atoms with Crippen molar-refractivity contribution in [1.29, 1.82) is 0 Å². The Labute approximate surface area is 101 Å². The molecular formula is C12H15N5. The second kappa shape index (κ2) is 5.25. The molecule has 0 saturated carbocycles. The predicted molar refractivity (Wildman–Crippen MR) is 67.9 cm³/mol. The molecule has 0 amide bonds. The molecule has 0 fully saturated rings. The number of aromatic nitrogens is 3. The topological polar surface area (TPSA) is 53.9 Å². The minimum absolute atomic E-state index is 0.650. The van der Waals surface area contributed by atoms with Crippen molar-refractivity contribution in [3.63, 3.8) is 0 Å². The Bertz CT molecular complexity index is 452. The summed E-state index contributed by atoms with van der Waals surface area (Å²) >= 11 is 0. The smallest absolute Gasteiger partial charge is 0.128 e. The third-order valence-corrected chi connectivity index (χ3v) is 2.30. The molecule has 0 atom stereocenters. The highest BCUT2D eigenvalue weighted by Gasteiger charge is 1.98. The summed E-state index contributed by atoms with van der Waals surface area (Å²) in [6.07, 6.45) is 6.90. The van der Waals surface area contributed by atoms with E-state index < -0.39 is 0 Å². The summed E-state index contributed by atoms with van der Waals surface area (Å²) in [7, 11) is 3.93. The monoisotopic (exact) mass is 229 g/mol. The zero-order chi connectivity index (χ0) is 12.1. The first kappa shape index (κ1) is 11.3. The van der Waals surface area contributed by atoms with Crippen LogP contribution in [0.2, 0.25) is 0 Å². The number of nitrogens with zero attached hydrogens (tertiary/aromatic N) is 4. The van der Waals surface area contributed by atoms with E-state index in [1.165, 1.54) is 0 Å². The molecule has 0 saturated heterocycles. The normalized spacial score (nSPS) is 10.0. The minimum Gasteiger partial charge on any atom is -0.378 e.